The fourth-order valence-corrected chi connectivity index (χ4v) is 3.49. The molecular weight excluding hydrogens is 366 g/mol. The van der Waals surface area contributed by atoms with Gasteiger partial charge in [-0.25, -0.2) is 0 Å². The van der Waals surface area contributed by atoms with Crippen molar-refractivity contribution in [2.45, 2.75) is 44.8 Å². The molecule has 5 nitrogen and oxygen atoms in total. The van der Waals surface area contributed by atoms with Crippen LogP contribution in [0.1, 0.15) is 32.6 Å². The Hall–Kier alpha value is -2.40. The molecule has 2 aromatic rings. The molecule has 3 unspecified atom stereocenters. The second kappa shape index (κ2) is 9.00. The van der Waals surface area contributed by atoms with Crippen molar-refractivity contribution in [2.75, 3.05) is 0 Å². The first-order chi connectivity index (χ1) is 13.1. The lowest BCUT2D eigenvalue weighted by molar-refractivity contribution is -0.126. The van der Waals surface area contributed by atoms with E-state index >= 15 is 0 Å². The zero-order valence-corrected chi connectivity index (χ0v) is 15.9. The Morgan fingerprint density at radius 3 is 2.19 bits per heavy atom. The minimum absolute atomic E-state index is 0.119. The molecule has 0 saturated heterocycles. The standard InChI is InChI=1S/C21H22ClNO4/c1-14(21(23-25)19-4-2-3-5-20(19)24)26-16-10-12-18(13-11-16)27-17-8-6-15(22)7-9-17/h6-14,19,21H,2-5H2,1H3. The lowest BCUT2D eigenvalue weighted by Gasteiger charge is -2.28. The van der Waals surface area contributed by atoms with Crippen LogP contribution in [0.4, 0.5) is 0 Å². The molecule has 0 N–H and O–H groups in total. The van der Waals surface area contributed by atoms with Gasteiger partial charge in [0.15, 0.2) is 0 Å². The van der Waals surface area contributed by atoms with Crippen molar-refractivity contribution in [3.05, 3.63) is 58.5 Å². The summed E-state index contributed by atoms with van der Waals surface area (Å²) in [5.41, 5.74) is 0. The molecule has 1 aliphatic rings. The number of ether oxygens (including phenoxy) is 2. The smallest absolute Gasteiger partial charge is 0.138 e. The molecule has 0 heterocycles. The number of nitrogens with zero attached hydrogens (tertiary/aromatic N) is 1. The van der Waals surface area contributed by atoms with E-state index in [0.29, 0.717) is 35.1 Å². The largest absolute Gasteiger partial charge is 0.488 e. The van der Waals surface area contributed by atoms with Gasteiger partial charge in [0.05, 0.1) is 0 Å². The fraction of sp³-hybridized carbons (Fsp3) is 0.381. The summed E-state index contributed by atoms with van der Waals surface area (Å²) in [7, 11) is 0. The van der Waals surface area contributed by atoms with Crippen LogP contribution in [-0.2, 0) is 4.79 Å². The maximum absolute atomic E-state index is 12.1. The number of hydrogen-bond donors (Lipinski definition) is 0. The third-order valence-corrected chi connectivity index (χ3v) is 5.06. The molecule has 0 aromatic heterocycles. The van der Waals surface area contributed by atoms with Crippen molar-refractivity contribution in [1.29, 1.82) is 0 Å². The first-order valence-electron chi connectivity index (χ1n) is 9.12. The van der Waals surface area contributed by atoms with Crippen LogP contribution in [0.25, 0.3) is 0 Å². The highest BCUT2D eigenvalue weighted by molar-refractivity contribution is 6.30. The van der Waals surface area contributed by atoms with E-state index in [1.807, 2.05) is 0 Å². The Balaban J connectivity index is 1.61. The lowest BCUT2D eigenvalue weighted by atomic mass is 9.81. The topological polar surface area (TPSA) is 65.0 Å². The van der Waals surface area contributed by atoms with E-state index in [-0.39, 0.29) is 11.7 Å². The van der Waals surface area contributed by atoms with E-state index in [1.54, 1.807) is 55.5 Å². The Bertz CT molecular complexity index is 776. The van der Waals surface area contributed by atoms with Crippen LogP contribution >= 0.6 is 11.6 Å². The molecule has 1 aliphatic carbocycles. The second-order valence-corrected chi connectivity index (χ2v) is 7.20. The van der Waals surface area contributed by atoms with Crippen molar-refractivity contribution in [2.24, 2.45) is 11.1 Å². The summed E-state index contributed by atoms with van der Waals surface area (Å²) in [5.74, 6) is 1.72. The van der Waals surface area contributed by atoms with E-state index in [1.165, 1.54) is 0 Å². The number of rotatable bonds is 7. The lowest BCUT2D eigenvalue weighted by Crippen LogP contribution is -2.39. The molecule has 2 aromatic carbocycles. The molecule has 1 fully saturated rings. The zero-order chi connectivity index (χ0) is 19.2. The average Bonchev–Trinajstić information content (AvgIpc) is 2.67. The summed E-state index contributed by atoms with van der Waals surface area (Å²) < 4.78 is 11.6. The van der Waals surface area contributed by atoms with Crippen LogP contribution in [0.3, 0.4) is 0 Å². The molecule has 6 heteroatoms. The summed E-state index contributed by atoms with van der Waals surface area (Å²) in [6, 6.07) is 13.5. The third-order valence-electron chi connectivity index (χ3n) is 4.81. The van der Waals surface area contributed by atoms with Gasteiger partial charge < -0.3 is 9.47 Å². The number of benzene rings is 2. The van der Waals surface area contributed by atoms with Gasteiger partial charge in [0.1, 0.15) is 35.2 Å². The molecule has 0 bridgehead atoms. The second-order valence-electron chi connectivity index (χ2n) is 6.76. The summed E-state index contributed by atoms with van der Waals surface area (Å²) in [5, 5.41) is 3.86. The van der Waals surface area contributed by atoms with Gasteiger partial charge in [-0.2, -0.15) is 4.91 Å². The minimum Gasteiger partial charge on any atom is -0.488 e. The first kappa shape index (κ1) is 19.4. The monoisotopic (exact) mass is 387 g/mol. The highest BCUT2D eigenvalue weighted by Crippen LogP contribution is 2.30. The molecule has 3 atom stereocenters. The maximum Gasteiger partial charge on any atom is 0.138 e. The molecular formula is C21H22ClNO4. The molecule has 0 radical (unpaired) electrons. The van der Waals surface area contributed by atoms with Crippen LogP contribution in [0.5, 0.6) is 17.2 Å². The van der Waals surface area contributed by atoms with Gasteiger partial charge in [-0.15, -0.1) is 0 Å². The number of Topliss-reactive ketones (excluding diaryl/α,β-unsaturated/α-hetero) is 1. The Kier molecular flexibility index (Phi) is 6.45. The van der Waals surface area contributed by atoms with Crippen LogP contribution in [0, 0.1) is 10.8 Å². The normalized spacial score (nSPS) is 19.2. The van der Waals surface area contributed by atoms with Crippen molar-refractivity contribution in [3.8, 4) is 17.2 Å². The van der Waals surface area contributed by atoms with Crippen LogP contribution in [0.15, 0.2) is 53.7 Å². The van der Waals surface area contributed by atoms with Gasteiger partial charge in [0, 0.05) is 17.4 Å². The Morgan fingerprint density at radius 2 is 1.59 bits per heavy atom. The summed E-state index contributed by atoms with van der Waals surface area (Å²) >= 11 is 5.86. The average molecular weight is 388 g/mol. The highest BCUT2D eigenvalue weighted by atomic mass is 35.5. The molecule has 0 amide bonds. The minimum atomic E-state index is -0.664. The molecule has 3 rings (SSSR count). The van der Waals surface area contributed by atoms with Crippen molar-refractivity contribution in [3.63, 3.8) is 0 Å². The zero-order valence-electron chi connectivity index (χ0n) is 15.1. The van der Waals surface area contributed by atoms with Gasteiger partial charge in [0.2, 0.25) is 0 Å². The van der Waals surface area contributed by atoms with Crippen LogP contribution in [-0.4, -0.2) is 17.9 Å². The number of nitroso groups, excluding NO2 is 1. The van der Waals surface area contributed by atoms with E-state index in [2.05, 4.69) is 5.18 Å². The molecule has 0 spiro atoms. The highest BCUT2D eigenvalue weighted by Gasteiger charge is 2.35. The summed E-state index contributed by atoms with van der Waals surface area (Å²) in [6.07, 6.45) is 2.60. The Morgan fingerprint density at radius 1 is 1.00 bits per heavy atom. The van der Waals surface area contributed by atoms with E-state index in [9.17, 15) is 9.70 Å². The van der Waals surface area contributed by atoms with E-state index in [0.717, 1.165) is 12.8 Å². The van der Waals surface area contributed by atoms with E-state index in [4.69, 9.17) is 21.1 Å². The summed E-state index contributed by atoms with van der Waals surface area (Å²) in [6.45, 7) is 1.78. The van der Waals surface area contributed by atoms with Gasteiger partial charge in [-0.3, -0.25) is 4.79 Å². The SMILES string of the molecule is CC(Oc1ccc(Oc2ccc(Cl)cc2)cc1)C(N=O)C1CCCCC1=O. The quantitative estimate of drug-likeness (QED) is 0.563. The van der Waals surface area contributed by atoms with Crippen molar-refractivity contribution < 1.29 is 14.3 Å². The Labute approximate surface area is 163 Å². The van der Waals surface area contributed by atoms with Gasteiger partial charge in [-0.05, 0) is 68.3 Å². The number of halogens is 1. The van der Waals surface area contributed by atoms with Crippen LogP contribution < -0.4 is 9.47 Å². The predicted molar refractivity (Wildman–Crippen MR) is 105 cm³/mol. The third kappa shape index (κ3) is 5.07. The van der Waals surface area contributed by atoms with Crippen molar-refractivity contribution in [1.82, 2.24) is 0 Å². The maximum atomic E-state index is 12.1. The van der Waals surface area contributed by atoms with Gasteiger partial charge >= 0.3 is 0 Å². The number of ketones is 1. The molecule has 142 valence electrons. The fourth-order valence-electron chi connectivity index (χ4n) is 3.37. The number of carbonyl (C=O) groups is 1. The number of hydrogen-bond acceptors (Lipinski definition) is 5. The van der Waals surface area contributed by atoms with Gasteiger partial charge in [-0.1, -0.05) is 23.2 Å². The van der Waals surface area contributed by atoms with Crippen LogP contribution in [0.2, 0.25) is 5.02 Å². The number of carbonyl (C=O) groups excluding carboxylic acids is 1. The molecule has 27 heavy (non-hydrogen) atoms. The predicted octanol–water partition coefficient (Wildman–Crippen LogP) is 5.79. The first-order valence-corrected chi connectivity index (χ1v) is 9.50. The summed E-state index contributed by atoms with van der Waals surface area (Å²) in [4.78, 5) is 23.5. The molecule has 1 saturated carbocycles. The van der Waals surface area contributed by atoms with Crippen molar-refractivity contribution >= 4 is 17.4 Å². The van der Waals surface area contributed by atoms with E-state index < -0.39 is 12.1 Å². The molecule has 0 aliphatic heterocycles. The van der Waals surface area contributed by atoms with Gasteiger partial charge in [0.25, 0.3) is 0 Å².